The van der Waals surface area contributed by atoms with Crippen LogP contribution in [0.1, 0.15) is 6.92 Å². The highest BCUT2D eigenvalue weighted by Gasteiger charge is 2.30. The molecule has 0 saturated heterocycles. The van der Waals surface area contributed by atoms with Crippen molar-refractivity contribution in [2.75, 3.05) is 6.61 Å². The number of aromatic nitrogens is 1. The Morgan fingerprint density at radius 2 is 1.58 bits per heavy atom. The lowest BCUT2D eigenvalue weighted by atomic mass is 10.1. The minimum Gasteiger partial charge on any atom is -0.488 e. The Balaban J connectivity index is 2.01. The van der Waals surface area contributed by atoms with E-state index in [4.69, 9.17) is 4.74 Å². The maximum absolute atomic E-state index is 13.2. The van der Waals surface area contributed by atoms with Crippen molar-refractivity contribution in [3.05, 3.63) is 107 Å². The number of aromatic hydroxyl groups is 1. The minimum atomic E-state index is -0.222. The molecule has 154 valence electrons. The lowest BCUT2D eigenvalue weighted by Gasteiger charge is -2.12. The number of hydrogen-bond donors (Lipinski definition) is 1. The topological polar surface area (TPSA) is 50.4 Å². The fourth-order valence-corrected chi connectivity index (χ4v) is 4.35. The van der Waals surface area contributed by atoms with Crippen LogP contribution < -0.4 is 14.0 Å². The number of para-hydroxylation sites is 2. The molecule has 5 heteroatoms. The maximum atomic E-state index is 13.2. The van der Waals surface area contributed by atoms with Gasteiger partial charge in [-0.2, -0.15) is 0 Å². The van der Waals surface area contributed by atoms with Crippen molar-refractivity contribution in [2.24, 2.45) is 0 Å². The molecule has 0 amide bonds. The maximum Gasteiger partial charge on any atom is 0.385 e. The zero-order valence-electron chi connectivity index (χ0n) is 17.1. The lowest BCUT2D eigenvalue weighted by Crippen LogP contribution is -2.35. The van der Waals surface area contributed by atoms with E-state index in [-0.39, 0.29) is 16.2 Å². The molecule has 0 aliphatic heterocycles. The molecule has 1 aromatic heterocycles. The van der Waals surface area contributed by atoms with Gasteiger partial charge in [-0.1, -0.05) is 67.2 Å². The molecule has 0 aliphatic rings. The zero-order chi connectivity index (χ0) is 21.8. The van der Waals surface area contributed by atoms with Gasteiger partial charge in [0.1, 0.15) is 17.9 Å². The molecule has 0 unspecified atom stereocenters. The average Bonchev–Trinajstić information content (AvgIpc) is 2.79. The summed E-state index contributed by atoms with van der Waals surface area (Å²) in [5.74, 6) is 0.517. The molecular weight excluding hydrogens is 406 g/mol. The van der Waals surface area contributed by atoms with E-state index in [0.717, 1.165) is 28.2 Å². The molecule has 0 bridgehead atoms. The molecule has 4 rings (SSSR count). The van der Waals surface area contributed by atoms with Gasteiger partial charge in [-0.25, -0.2) is 0 Å². The first-order chi connectivity index (χ1) is 15.1. The Hall–Kier alpha value is -3.70. The van der Waals surface area contributed by atoms with E-state index in [1.54, 1.807) is 4.57 Å². The Labute approximate surface area is 185 Å². The van der Waals surface area contributed by atoms with Gasteiger partial charge in [0.2, 0.25) is 5.69 Å². The standard InChI is InChI=1S/C26H21NO3S/c1-18(2)17-30-22-16-10-9-15-21(22)25-27(20-13-7-4-8-14-20)24(28)23(26(29)31-25)19-11-5-3-6-12-19/h3-16H,1,17H2,2H3/p+1. The molecule has 31 heavy (non-hydrogen) atoms. The molecule has 4 aromatic rings. The highest BCUT2D eigenvalue weighted by molar-refractivity contribution is 7.12. The second-order valence-corrected chi connectivity index (χ2v) is 8.13. The van der Waals surface area contributed by atoms with Crippen LogP contribution in [-0.2, 0) is 0 Å². The van der Waals surface area contributed by atoms with E-state index in [2.05, 4.69) is 6.58 Å². The summed E-state index contributed by atoms with van der Waals surface area (Å²) >= 11 is 1.08. The third kappa shape index (κ3) is 4.27. The van der Waals surface area contributed by atoms with Gasteiger partial charge in [0.05, 0.1) is 0 Å². The largest absolute Gasteiger partial charge is 0.488 e. The first-order valence-electron chi connectivity index (χ1n) is 9.86. The molecule has 0 spiro atoms. The predicted octanol–water partition coefficient (Wildman–Crippen LogP) is 5.38. The minimum absolute atomic E-state index is 0.106. The summed E-state index contributed by atoms with van der Waals surface area (Å²) in [6.07, 6.45) is 0. The van der Waals surface area contributed by atoms with Crippen LogP contribution in [0.25, 0.3) is 27.4 Å². The van der Waals surface area contributed by atoms with E-state index in [0.29, 0.717) is 22.9 Å². The van der Waals surface area contributed by atoms with E-state index in [1.165, 1.54) is 0 Å². The molecule has 1 N–H and O–H groups in total. The lowest BCUT2D eigenvalue weighted by molar-refractivity contribution is -0.589. The summed E-state index contributed by atoms with van der Waals surface area (Å²) in [5, 5.41) is 11.9. The normalized spacial score (nSPS) is 10.6. The highest BCUT2D eigenvalue weighted by Crippen LogP contribution is 2.34. The van der Waals surface area contributed by atoms with Crippen LogP contribution in [0.5, 0.6) is 11.6 Å². The molecular formula is C26H22NO3S+. The Morgan fingerprint density at radius 3 is 2.26 bits per heavy atom. The van der Waals surface area contributed by atoms with Crippen LogP contribution in [0.15, 0.2) is 102 Å². The summed E-state index contributed by atoms with van der Waals surface area (Å²) in [5.41, 5.74) is 3.31. The zero-order valence-corrected chi connectivity index (χ0v) is 17.9. The van der Waals surface area contributed by atoms with Gasteiger partial charge in [-0.15, -0.1) is 4.57 Å². The molecule has 0 atom stereocenters. The van der Waals surface area contributed by atoms with Gasteiger partial charge >= 0.3 is 5.88 Å². The predicted molar refractivity (Wildman–Crippen MR) is 125 cm³/mol. The summed E-state index contributed by atoms with van der Waals surface area (Å²) < 4.78 is 7.43. The van der Waals surface area contributed by atoms with Gasteiger partial charge < -0.3 is 9.84 Å². The number of benzene rings is 3. The molecule has 0 fully saturated rings. The monoisotopic (exact) mass is 428 g/mol. The third-order valence-electron chi connectivity index (χ3n) is 4.70. The SMILES string of the molecule is C=C(C)COc1ccccc1-c1sc(=O)c(-c2ccccc2)c(O)[n+]1-c1ccccc1. The second kappa shape index (κ2) is 8.98. The second-order valence-electron chi connectivity index (χ2n) is 7.17. The quantitative estimate of drug-likeness (QED) is 0.331. The van der Waals surface area contributed by atoms with Crippen LogP contribution in [0.3, 0.4) is 0 Å². The fourth-order valence-electron chi connectivity index (χ4n) is 3.30. The molecule has 0 saturated carbocycles. The molecule has 1 heterocycles. The van der Waals surface area contributed by atoms with Crippen LogP contribution in [0.4, 0.5) is 0 Å². The van der Waals surface area contributed by atoms with Gasteiger partial charge in [0.15, 0.2) is 5.56 Å². The summed E-state index contributed by atoms with van der Waals surface area (Å²) in [6, 6.07) is 26.2. The van der Waals surface area contributed by atoms with E-state index >= 15 is 0 Å². The third-order valence-corrected chi connectivity index (χ3v) is 5.69. The highest BCUT2D eigenvalue weighted by atomic mass is 32.1. The van der Waals surface area contributed by atoms with E-state index in [9.17, 15) is 9.90 Å². The molecule has 4 nitrogen and oxygen atoms in total. The number of nitrogens with zero attached hydrogens (tertiary/aromatic N) is 1. The Bertz CT molecular complexity index is 1280. The smallest absolute Gasteiger partial charge is 0.385 e. The number of rotatable bonds is 6. The number of ether oxygens (including phenoxy) is 1. The average molecular weight is 429 g/mol. The van der Waals surface area contributed by atoms with Crippen molar-refractivity contribution in [1.29, 1.82) is 0 Å². The van der Waals surface area contributed by atoms with Crippen molar-refractivity contribution in [1.82, 2.24) is 0 Å². The van der Waals surface area contributed by atoms with Crippen molar-refractivity contribution in [3.8, 4) is 39.0 Å². The number of hydrogen-bond acceptors (Lipinski definition) is 4. The first-order valence-corrected chi connectivity index (χ1v) is 10.7. The van der Waals surface area contributed by atoms with Crippen molar-refractivity contribution in [2.45, 2.75) is 6.92 Å². The van der Waals surface area contributed by atoms with E-state index < -0.39 is 0 Å². The van der Waals surface area contributed by atoms with Gasteiger partial charge in [-0.05, 0) is 41.5 Å². The van der Waals surface area contributed by atoms with Crippen LogP contribution in [0.2, 0.25) is 0 Å². The van der Waals surface area contributed by atoms with Crippen molar-refractivity contribution < 1.29 is 14.4 Å². The van der Waals surface area contributed by atoms with Gasteiger partial charge in [0.25, 0.3) is 9.75 Å². The van der Waals surface area contributed by atoms with Crippen molar-refractivity contribution >= 4 is 11.3 Å². The van der Waals surface area contributed by atoms with Crippen LogP contribution >= 0.6 is 11.3 Å². The summed E-state index contributed by atoms with van der Waals surface area (Å²) in [6.45, 7) is 6.15. The van der Waals surface area contributed by atoms with Crippen LogP contribution in [-0.4, -0.2) is 11.7 Å². The van der Waals surface area contributed by atoms with Gasteiger partial charge in [0, 0.05) is 12.1 Å². The van der Waals surface area contributed by atoms with Crippen molar-refractivity contribution in [3.63, 3.8) is 0 Å². The van der Waals surface area contributed by atoms with Gasteiger partial charge in [-0.3, -0.25) is 4.79 Å². The van der Waals surface area contributed by atoms with Crippen LogP contribution in [0, 0.1) is 0 Å². The first kappa shape index (κ1) is 20.6. The molecule has 0 aliphatic carbocycles. The summed E-state index contributed by atoms with van der Waals surface area (Å²) in [7, 11) is 0. The molecule has 0 radical (unpaired) electrons. The van der Waals surface area contributed by atoms with E-state index in [1.807, 2.05) is 91.9 Å². The molecule has 3 aromatic carbocycles. The summed E-state index contributed by atoms with van der Waals surface area (Å²) in [4.78, 5) is 13.2. The Kier molecular flexibility index (Phi) is 5.96. The Morgan fingerprint density at radius 1 is 0.968 bits per heavy atom. The fraction of sp³-hybridized carbons (Fsp3) is 0.0769.